The number of nitrogens with zero attached hydrogens (tertiary/aromatic N) is 4. The van der Waals surface area contributed by atoms with Crippen LogP contribution in [0.3, 0.4) is 0 Å². The van der Waals surface area contributed by atoms with Crippen molar-refractivity contribution in [3.63, 3.8) is 0 Å². The standard InChI is InChI=1S/C22H30N4O/c1-3-11-26-16-21(17(2)23-26)22(27)25-14-19-9-10-20(15-25)24(13-19)12-18-7-5-4-6-8-18/h4-8,16,19-20H,3,9-15H2,1-2H3/t19-,20-/m0/s1. The normalized spacial score (nSPS) is 22.8. The minimum absolute atomic E-state index is 0.160. The maximum Gasteiger partial charge on any atom is 0.257 e. The van der Waals surface area contributed by atoms with Gasteiger partial charge in [-0.2, -0.15) is 5.10 Å². The molecule has 27 heavy (non-hydrogen) atoms. The SMILES string of the molecule is CCCn1cc(C(=O)N2C[C@H]3CC[C@@H](C2)N(Cc2ccccc2)C3)c(C)n1. The molecule has 3 saturated heterocycles. The predicted molar refractivity (Wildman–Crippen MR) is 107 cm³/mol. The van der Waals surface area contributed by atoms with E-state index in [1.54, 1.807) is 0 Å². The average molecular weight is 367 g/mol. The fourth-order valence-electron chi connectivity index (χ4n) is 4.60. The third-order valence-electron chi connectivity index (χ3n) is 5.97. The molecule has 2 atom stereocenters. The highest BCUT2D eigenvalue weighted by Crippen LogP contribution is 2.30. The molecule has 2 bridgehead atoms. The van der Waals surface area contributed by atoms with Gasteiger partial charge < -0.3 is 4.90 Å². The first kappa shape index (κ1) is 18.2. The molecule has 3 aliphatic rings. The Morgan fingerprint density at radius 2 is 1.96 bits per heavy atom. The van der Waals surface area contributed by atoms with Crippen LogP contribution in [0.5, 0.6) is 0 Å². The van der Waals surface area contributed by atoms with Crippen LogP contribution < -0.4 is 0 Å². The summed E-state index contributed by atoms with van der Waals surface area (Å²) >= 11 is 0. The molecule has 0 radical (unpaired) electrons. The van der Waals surface area contributed by atoms with Gasteiger partial charge in [-0.1, -0.05) is 37.3 Å². The lowest BCUT2D eigenvalue weighted by Gasteiger charge is -2.36. The number of carbonyl (C=O) groups is 1. The van der Waals surface area contributed by atoms with E-state index >= 15 is 0 Å². The lowest BCUT2D eigenvalue weighted by atomic mass is 9.94. The molecular formula is C22H30N4O. The summed E-state index contributed by atoms with van der Waals surface area (Å²) in [5.41, 5.74) is 2.99. The first-order valence-electron chi connectivity index (χ1n) is 10.3. The van der Waals surface area contributed by atoms with Gasteiger partial charge in [-0.25, -0.2) is 0 Å². The van der Waals surface area contributed by atoms with E-state index in [0.717, 1.165) is 50.4 Å². The van der Waals surface area contributed by atoms with Gasteiger partial charge in [0.05, 0.1) is 11.3 Å². The Labute approximate surface area is 162 Å². The number of hydrogen-bond acceptors (Lipinski definition) is 3. The number of aromatic nitrogens is 2. The van der Waals surface area contributed by atoms with Crippen molar-refractivity contribution in [2.24, 2.45) is 5.92 Å². The third kappa shape index (κ3) is 3.93. The molecule has 2 aromatic rings. The molecule has 5 heteroatoms. The highest BCUT2D eigenvalue weighted by atomic mass is 16.2. The van der Waals surface area contributed by atoms with Gasteiger partial charge in [0.25, 0.3) is 5.91 Å². The van der Waals surface area contributed by atoms with Crippen LogP contribution in [-0.4, -0.2) is 51.2 Å². The molecule has 1 aromatic carbocycles. The summed E-state index contributed by atoms with van der Waals surface area (Å²) in [6.45, 7) is 8.73. The second-order valence-corrected chi connectivity index (χ2v) is 8.11. The largest absolute Gasteiger partial charge is 0.337 e. The van der Waals surface area contributed by atoms with Crippen molar-refractivity contribution in [1.82, 2.24) is 19.6 Å². The van der Waals surface area contributed by atoms with E-state index < -0.39 is 0 Å². The number of rotatable bonds is 5. The molecule has 144 valence electrons. The van der Waals surface area contributed by atoms with Gasteiger partial charge in [0.1, 0.15) is 0 Å². The van der Waals surface area contributed by atoms with Crippen LogP contribution in [0, 0.1) is 12.8 Å². The van der Waals surface area contributed by atoms with E-state index in [2.05, 4.69) is 52.2 Å². The third-order valence-corrected chi connectivity index (χ3v) is 5.97. The summed E-state index contributed by atoms with van der Waals surface area (Å²) in [7, 11) is 0. The maximum absolute atomic E-state index is 13.2. The molecule has 0 unspecified atom stereocenters. The lowest BCUT2D eigenvalue weighted by molar-refractivity contribution is 0.0735. The summed E-state index contributed by atoms with van der Waals surface area (Å²) in [4.78, 5) is 17.9. The molecule has 0 N–H and O–H groups in total. The molecular weight excluding hydrogens is 336 g/mol. The number of aryl methyl sites for hydroxylation is 2. The van der Waals surface area contributed by atoms with E-state index in [9.17, 15) is 4.79 Å². The number of hydrogen-bond donors (Lipinski definition) is 0. The molecule has 0 spiro atoms. The highest BCUT2D eigenvalue weighted by molar-refractivity contribution is 5.95. The number of fused-ring (bicyclic) bond motifs is 4. The van der Waals surface area contributed by atoms with Gasteiger partial charge in [0.2, 0.25) is 0 Å². The van der Waals surface area contributed by atoms with Crippen molar-refractivity contribution in [2.45, 2.75) is 52.2 Å². The quantitative estimate of drug-likeness (QED) is 0.815. The predicted octanol–water partition coefficient (Wildman–Crippen LogP) is 3.34. The van der Waals surface area contributed by atoms with Crippen LogP contribution in [-0.2, 0) is 13.1 Å². The summed E-state index contributed by atoms with van der Waals surface area (Å²) < 4.78 is 1.91. The molecule has 0 saturated carbocycles. The molecule has 0 aliphatic carbocycles. The van der Waals surface area contributed by atoms with E-state index in [1.165, 1.54) is 18.4 Å². The first-order chi connectivity index (χ1) is 13.1. The van der Waals surface area contributed by atoms with Crippen LogP contribution in [0.1, 0.15) is 47.8 Å². The number of benzene rings is 1. The van der Waals surface area contributed by atoms with Gasteiger partial charge in [0, 0.05) is 45.0 Å². The Balaban J connectivity index is 1.49. The average Bonchev–Trinajstić information content (AvgIpc) is 2.83. The molecule has 5 nitrogen and oxygen atoms in total. The fourth-order valence-corrected chi connectivity index (χ4v) is 4.60. The summed E-state index contributed by atoms with van der Waals surface area (Å²) in [5.74, 6) is 0.732. The number of carbonyl (C=O) groups excluding carboxylic acids is 1. The van der Waals surface area contributed by atoms with E-state index in [4.69, 9.17) is 0 Å². The minimum atomic E-state index is 0.160. The second-order valence-electron chi connectivity index (χ2n) is 8.11. The van der Waals surface area contributed by atoms with Crippen LogP contribution in [0.2, 0.25) is 0 Å². The van der Waals surface area contributed by atoms with Crippen molar-refractivity contribution >= 4 is 5.91 Å². The molecule has 5 rings (SSSR count). The molecule has 3 aliphatic heterocycles. The number of piperidine rings is 1. The van der Waals surface area contributed by atoms with Crippen LogP contribution in [0.25, 0.3) is 0 Å². The lowest BCUT2D eigenvalue weighted by Crippen LogP contribution is -2.43. The van der Waals surface area contributed by atoms with Gasteiger partial charge in [-0.3, -0.25) is 14.4 Å². The zero-order valence-electron chi connectivity index (χ0n) is 16.5. The van der Waals surface area contributed by atoms with Crippen LogP contribution in [0.15, 0.2) is 36.5 Å². The topological polar surface area (TPSA) is 41.4 Å². The zero-order valence-corrected chi connectivity index (χ0v) is 16.5. The number of amides is 1. The first-order valence-corrected chi connectivity index (χ1v) is 10.3. The van der Waals surface area contributed by atoms with Gasteiger partial charge in [-0.05, 0) is 37.7 Å². The Hall–Kier alpha value is -2.14. The molecule has 4 heterocycles. The highest BCUT2D eigenvalue weighted by Gasteiger charge is 2.37. The fraction of sp³-hybridized carbons (Fsp3) is 0.545. The summed E-state index contributed by atoms with van der Waals surface area (Å²) in [5, 5.41) is 4.52. The minimum Gasteiger partial charge on any atom is -0.337 e. The van der Waals surface area contributed by atoms with Crippen molar-refractivity contribution in [3.8, 4) is 0 Å². The Morgan fingerprint density at radius 3 is 2.74 bits per heavy atom. The van der Waals surface area contributed by atoms with Gasteiger partial charge in [0.15, 0.2) is 0 Å². The van der Waals surface area contributed by atoms with Crippen LogP contribution >= 0.6 is 0 Å². The van der Waals surface area contributed by atoms with Crippen molar-refractivity contribution < 1.29 is 4.79 Å². The van der Waals surface area contributed by atoms with Crippen LogP contribution in [0.4, 0.5) is 0 Å². The van der Waals surface area contributed by atoms with E-state index in [-0.39, 0.29) is 5.91 Å². The van der Waals surface area contributed by atoms with E-state index in [0.29, 0.717) is 12.0 Å². The molecule has 1 amide bonds. The van der Waals surface area contributed by atoms with Crippen molar-refractivity contribution in [2.75, 3.05) is 19.6 Å². The smallest absolute Gasteiger partial charge is 0.257 e. The second kappa shape index (κ2) is 7.85. The van der Waals surface area contributed by atoms with E-state index in [1.807, 2.05) is 17.8 Å². The van der Waals surface area contributed by atoms with Crippen molar-refractivity contribution in [1.29, 1.82) is 0 Å². The van der Waals surface area contributed by atoms with Gasteiger partial charge >= 0.3 is 0 Å². The Morgan fingerprint density at radius 1 is 1.15 bits per heavy atom. The zero-order chi connectivity index (χ0) is 18.8. The summed E-state index contributed by atoms with van der Waals surface area (Å²) in [6, 6.07) is 11.1. The molecule has 3 fully saturated rings. The monoisotopic (exact) mass is 366 g/mol. The maximum atomic E-state index is 13.2. The Kier molecular flexibility index (Phi) is 5.30. The molecule has 1 aromatic heterocycles. The Bertz CT molecular complexity index is 785. The summed E-state index contributed by atoms with van der Waals surface area (Å²) in [6.07, 6.45) is 5.38. The van der Waals surface area contributed by atoms with Gasteiger partial charge in [-0.15, -0.1) is 0 Å². The van der Waals surface area contributed by atoms with Crippen molar-refractivity contribution in [3.05, 3.63) is 53.3 Å².